The number of hydrogen-bond donors (Lipinski definition) is 14. The molecule has 1 amide bonds. The van der Waals surface area contributed by atoms with Gasteiger partial charge in [-0.15, -0.1) is 0 Å². The van der Waals surface area contributed by atoms with Crippen LogP contribution in [0.4, 0.5) is 0 Å². The van der Waals surface area contributed by atoms with Gasteiger partial charge in [0.25, 0.3) is 0 Å². The number of carbonyl (C=O) groups is 1. The van der Waals surface area contributed by atoms with Crippen LogP contribution in [0.3, 0.4) is 0 Å². The summed E-state index contributed by atoms with van der Waals surface area (Å²) in [5.41, 5.74) is 0. The number of carbonyl (C=O) groups excluding carboxylic acids is 1. The molecule has 0 aliphatic carbocycles. The van der Waals surface area contributed by atoms with Crippen molar-refractivity contribution in [1.29, 1.82) is 0 Å². The highest BCUT2D eigenvalue weighted by Crippen LogP contribution is 2.33. The molecule has 48 heavy (non-hydrogen) atoms. The lowest BCUT2D eigenvalue weighted by Crippen LogP contribution is -2.68. The van der Waals surface area contributed by atoms with Gasteiger partial charge in [0, 0.05) is 6.92 Å². The quantitative estimate of drug-likeness (QED) is 0.0895. The Bertz CT molecular complexity index is 1030. The molecule has 4 aliphatic rings. The zero-order valence-corrected chi connectivity index (χ0v) is 25.5. The second-order valence-electron chi connectivity index (χ2n) is 11.9. The summed E-state index contributed by atoms with van der Waals surface area (Å²) in [7, 11) is 0. The van der Waals surface area contributed by atoms with Gasteiger partial charge < -0.3 is 105 Å². The number of amides is 1. The van der Waals surface area contributed by atoms with Gasteiger partial charge in [-0.05, 0) is 0 Å². The molecule has 4 rings (SSSR count). The first-order chi connectivity index (χ1) is 22.6. The Labute approximate surface area is 272 Å². The van der Waals surface area contributed by atoms with Crippen molar-refractivity contribution in [3.63, 3.8) is 0 Å². The Hall–Kier alpha value is -1.33. The molecule has 4 saturated heterocycles. The van der Waals surface area contributed by atoms with E-state index < -0.39 is 155 Å². The Kier molecular flexibility index (Phi) is 13.8. The number of aliphatic hydroxyl groups is 13. The SMILES string of the molecule is CC(=O)N[C@H]1[C@H](O[C@@H]2[C@@H](O)[C@H](O)[C@@H](CO)O[C@@H]2O)O[C@H](CO[C@H]2O[C@H](CO)[C@H](O)[C@H](O)[C@H]2O[C@H]2O[C@@H]([C@H](O)CO)[C@H](O)[C@H]2O)[C@@H](O)[C@@H]1O. The molecule has 4 aliphatic heterocycles. The van der Waals surface area contributed by atoms with Crippen molar-refractivity contribution in [2.24, 2.45) is 0 Å². The third kappa shape index (κ3) is 8.24. The van der Waals surface area contributed by atoms with E-state index in [4.69, 9.17) is 33.2 Å². The third-order valence-electron chi connectivity index (χ3n) is 8.57. The van der Waals surface area contributed by atoms with Crippen molar-refractivity contribution < 1.29 is 104 Å². The molecule has 4 heterocycles. The molecule has 0 spiro atoms. The van der Waals surface area contributed by atoms with Crippen LogP contribution in [0.5, 0.6) is 0 Å². The summed E-state index contributed by atoms with van der Waals surface area (Å²) < 4.78 is 38.5. The molecular weight excluding hydrogens is 662 g/mol. The molecule has 20 atom stereocenters. The summed E-state index contributed by atoms with van der Waals surface area (Å²) in [5, 5.41) is 135. The zero-order chi connectivity index (χ0) is 35.6. The van der Waals surface area contributed by atoms with E-state index in [9.17, 15) is 71.2 Å². The van der Waals surface area contributed by atoms with E-state index in [2.05, 4.69) is 5.32 Å². The van der Waals surface area contributed by atoms with E-state index in [1.165, 1.54) is 0 Å². The van der Waals surface area contributed by atoms with Crippen molar-refractivity contribution in [1.82, 2.24) is 5.32 Å². The van der Waals surface area contributed by atoms with Gasteiger partial charge in [0.1, 0.15) is 97.6 Å². The Balaban J connectivity index is 1.51. The maximum atomic E-state index is 11.9. The van der Waals surface area contributed by atoms with E-state index in [1.807, 2.05) is 0 Å². The van der Waals surface area contributed by atoms with Crippen LogP contribution in [0, 0.1) is 0 Å². The fourth-order valence-electron chi connectivity index (χ4n) is 5.83. The zero-order valence-electron chi connectivity index (χ0n) is 25.5. The first-order valence-electron chi connectivity index (χ1n) is 15.1. The van der Waals surface area contributed by atoms with E-state index in [0.29, 0.717) is 0 Å². The smallest absolute Gasteiger partial charge is 0.217 e. The number of hydrogen-bond acceptors (Lipinski definition) is 21. The molecule has 22 nitrogen and oxygen atoms in total. The van der Waals surface area contributed by atoms with Crippen LogP contribution in [0.2, 0.25) is 0 Å². The van der Waals surface area contributed by atoms with Gasteiger partial charge in [-0.25, -0.2) is 0 Å². The minimum Gasteiger partial charge on any atom is -0.394 e. The van der Waals surface area contributed by atoms with Crippen LogP contribution < -0.4 is 5.32 Å². The van der Waals surface area contributed by atoms with Crippen LogP contribution in [-0.4, -0.2) is 221 Å². The molecule has 22 heteroatoms. The molecule has 0 aromatic rings. The molecule has 0 saturated carbocycles. The Morgan fingerprint density at radius 2 is 1.19 bits per heavy atom. The summed E-state index contributed by atoms with van der Waals surface area (Å²) in [5.74, 6) is -0.715. The molecule has 280 valence electrons. The summed E-state index contributed by atoms with van der Waals surface area (Å²) in [6.07, 6.45) is -32.9. The van der Waals surface area contributed by atoms with Crippen LogP contribution in [0.25, 0.3) is 0 Å². The molecule has 0 radical (unpaired) electrons. The van der Waals surface area contributed by atoms with Gasteiger partial charge in [0.15, 0.2) is 25.2 Å². The molecule has 0 aromatic heterocycles. The highest BCUT2D eigenvalue weighted by molar-refractivity contribution is 5.73. The average molecular weight is 708 g/mol. The summed E-state index contributed by atoms with van der Waals surface area (Å²) in [4.78, 5) is 11.9. The van der Waals surface area contributed by atoms with E-state index in [0.717, 1.165) is 6.92 Å². The lowest BCUT2D eigenvalue weighted by molar-refractivity contribution is -0.361. The molecule has 0 aromatic carbocycles. The predicted molar refractivity (Wildman–Crippen MR) is 145 cm³/mol. The van der Waals surface area contributed by atoms with Crippen molar-refractivity contribution >= 4 is 5.91 Å². The Morgan fingerprint density at radius 3 is 1.77 bits per heavy atom. The number of rotatable bonds is 12. The van der Waals surface area contributed by atoms with Crippen LogP contribution >= 0.6 is 0 Å². The second kappa shape index (κ2) is 16.8. The summed E-state index contributed by atoms with van der Waals surface area (Å²) >= 11 is 0. The molecular formula is C26H45NO21. The fraction of sp³-hybridized carbons (Fsp3) is 0.962. The van der Waals surface area contributed by atoms with Gasteiger partial charge in [0.05, 0.1) is 26.4 Å². The summed E-state index contributed by atoms with van der Waals surface area (Å²) in [6, 6.07) is -1.53. The lowest BCUT2D eigenvalue weighted by Gasteiger charge is -2.47. The summed E-state index contributed by atoms with van der Waals surface area (Å²) in [6.45, 7) is -2.13. The van der Waals surface area contributed by atoms with Gasteiger partial charge in [0.2, 0.25) is 5.91 Å². The normalized spacial score (nSPS) is 49.1. The van der Waals surface area contributed by atoms with Crippen LogP contribution in [0.15, 0.2) is 0 Å². The van der Waals surface area contributed by atoms with Gasteiger partial charge in [-0.3, -0.25) is 4.79 Å². The van der Waals surface area contributed by atoms with Gasteiger partial charge in [-0.1, -0.05) is 0 Å². The number of ether oxygens (including phenoxy) is 7. The highest BCUT2D eigenvalue weighted by atomic mass is 16.8. The number of aliphatic hydroxyl groups excluding tert-OH is 13. The number of nitrogens with one attached hydrogen (secondary N) is 1. The first kappa shape index (κ1) is 39.5. The van der Waals surface area contributed by atoms with Crippen molar-refractivity contribution in [3.8, 4) is 0 Å². The topological polar surface area (TPSA) is 357 Å². The van der Waals surface area contributed by atoms with Crippen molar-refractivity contribution in [3.05, 3.63) is 0 Å². The average Bonchev–Trinajstić information content (AvgIpc) is 3.34. The van der Waals surface area contributed by atoms with Crippen LogP contribution in [-0.2, 0) is 38.0 Å². The predicted octanol–water partition coefficient (Wildman–Crippen LogP) is -9.61. The third-order valence-corrected chi connectivity index (χ3v) is 8.57. The fourth-order valence-corrected chi connectivity index (χ4v) is 5.83. The second-order valence-corrected chi connectivity index (χ2v) is 11.9. The monoisotopic (exact) mass is 707 g/mol. The van der Waals surface area contributed by atoms with Gasteiger partial charge >= 0.3 is 0 Å². The maximum absolute atomic E-state index is 11.9. The standard InChI is InChI=1S/C26H45NO21/c1-6(31)27-11-15(36)14(35)10(45-24(11)47-21-16(37)12(33)8(3-29)43-23(21)41)5-42-26-22(17(38)13(34)9(4-30)44-26)48-25-19(40)18(39)20(46-25)7(32)2-28/h7-26,28-30,32-41H,2-5H2,1H3,(H,27,31)/t7-,8-,9-,10-,11-,12-,13+,14-,15-,16+,17+,18-,19-,20+,21-,22-,23+,24+,25-,26+/m1/s1. The molecule has 0 unspecified atom stereocenters. The lowest BCUT2D eigenvalue weighted by atomic mass is 9.95. The van der Waals surface area contributed by atoms with E-state index >= 15 is 0 Å². The maximum Gasteiger partial charge on any atom is 0.217 e. The molecule has 14 N–H and O–H groups in total. The van der Waals surface area contributed by atoms with Crippen molar-refractivity contribution in [2.45, 2.75) is 130 Å². The molecule has 4 fully saturated rings. The Morgan fingerprint density at radius 1 is 0.646 bits per heavy atom. The van der Waals surface area contributed by atoms with Crippen molar-refractivity contribution in [2.75, 3.05) is 26.4 Å². The van der Waals surface area contributed by atoms with E-state index in [1.54, 1.807) is 0 Å². The minimum atomic E-state index is -1.94. The minimum absolute atomic E-state index is 0.715. The van der Waals surface area contributed by atoms with Crippen LogP contribution in [0.1, 0.15) is 6.92 Å². The largest absolute Gasteiger partial charge is 0.394 e. The van der Waals surface area contributed by atoms with Gasteiger partial charge in [-0.2, -0.15) is 0 Å². The van der Waals surface area contributed by atoms with E-state index in [-0.39, 0.29) is 0 Å². The highest BCUT2D eigenvalue weighted by Gasteiger charge is 2.54. The molecule has 0 bridgehead atoms. The first-order valence-corrected chi connectivity index (χ1v) is 15.1.